The fourth-order valence-electron chi connectivity index (χ4n) is 1.11. The first kappa shape index (κ1) is 13.9. The van der Waals surface area contributed by atoms with Gasteiger partial charge in [0.05, 0.1) is 12.1 Å². The number of carbonyl (C=O) groups excluding carboxylic acids is 1. The average Bonchev–Trinajstić information content (AvgIpc) is 2.70. The number of thiazole rings is 1. The number of aryl methyl sites for hydroxylation is 1. The van der Waals surface area contributed by atoms with Crippen molar-refractivity contribution in [3.8, 4) is 0 Å². The number of rotatable bonds is 5. The Balaban J connectivity index is 2.28. The lowest BCUT2D eigenvalue weighted by Gasteiger charge is -2.17. The number of hydrogen-bond acceptors (Lipinski definition) is 4. The molecular weight excluding hydrogens is 238 g/mol. The molecule has 0 radical (unpaired) electrons. The van der Waals surface area contributed by atoms with Crippen LogP contribution in [0, 0.1) is 0 Å². The number of amides is 2. The molecular formula is C11H19N3O2S. The highest BCUT2D eigenvalue weighted by Crippen LogP contribution is 2.12. The zero-order valence-electron chi connectivity index (χ0n) is 10.4. The number of hydrogen-bond donors (Lipinski definition) is 3. The summed E-state index contributed by atoms with van der Waals surface area (Å²) in [6, 6.07) is -0.291. The van der Waals surface area contributed by atoms with Gasteiger partial charge in [0.25, 0.3) is 0 Å². The minimum atomic E-state index is -0.895. The molecule has 1 aromatic rings. The van der Waals surface area contributed by atoms with E-state index in [0.717, 1.165) is 11.4 Å². The van der Waals surface area contributed by atoms with Crippen molar-refractivity contribution in [2.24, 2.45) is 0 Å². The van der Waals surface area contributed by atoms with Crippen molar-refractivity contribution in [1.82, 2.24) is 15.6 Å². The van der Waals surface area contributed by atoms with Gasteiger partial charge in [0, 0.05) is 17.6 Å². The van der Waals surface area contributed by atoms with E-state index in [4.69, 9.17) is 0 Å². The molecule has 0 unspecified atom stereocenters. The van der Waals surface area contributed by atoms with Gasteiger partial charge in [-0.15, -0.1) is 11.3 Å². The lowest BCUT2D eigenvalue weighted by Crippen LogP contribution is -2.43. The van der Waals surface area contributed by atoms with Gasteiger partial charge in [-0.05, 0) is 20.3 Å². The van der Waals surface area contributed by atoms with Crippen molar-refractivity contribution in [3.63, 3.8) is 0 Å². The van der Waals surface area contributed by atoms with Crippen LogP contribution in [0.25, 0.3) is 0 Å². The molecule has 96 valence electrons. The molecule has 5 nitrogen and oxygen atoms in total. The van der Waals surface area contributed by atoms with Gasteiger partial charge in [0.15, 0.2) is 0 Å². The van der Waals surface area contributed by atoms with Crippen molar-refractivity contribution < 1.29 is 9.90 Å². The lowest BCUT2D eigenvalue weighted by molar-refractivity contribution is 0.0819. The van der Waals surface area contributed by atoms with Crippen molar-refractivity contribution in [3.05, 3.63) is 16.1 Å². The number of carbonyl (C=O) groups is 1. The Bertz CT molecular complexity index is 371. The SMILES string of the molecule is CCc1cnc(CNC(=O)NCC(C)(C)O)s1. The van der Waals surface area contributed by atoms with Crippen LogP contribution in [-0.2, 0) is 13.0 Å². The first-order valence-electron chi connectivity index (χ1n) is 5.58. The van der Waals surface area contributed by atoms with Gasteiger partial charge in [-0.2, -0.15) is 0 Å². The van der Waals surface area contributed by atoms with E-state index < -0.39 is 5.60 Å². The van der Waals surface area contributed by atoms with Gasteiger partial charge >= 0.3 is 6.03 Å². The van der Waals surface area contributed by atoms with Crippen LogP contribution in [-0.4, -0.2) is 28.3 Å². The van der Waals surface area contributed by atoms with Crippen molar-refractivity contribution >= 4 is 17.4 Å². The molecule has 0 saturated carbocycles. The third-order valence-electron chi connectivity index (χ3n) is 2.03. The molecule has 17 heavy (non-hydrogen) atoms. The van der Waals surface area contributed by atoms with E-state index in [1.165, 1.54) is 4.88 Å². The van der Waals surface area contributed by atoms with Gasteiger partial charge in [0.2, 0.25) is 0 Å². The summed E-state index contributed by atoms with van der Waals surface area (Å²) in [5.74, 6) is 0. The Kier molecular flexibility index (Phi) is 4.89. The summed E-state index contributed by atoms with van der Waals surface area (Å²) in [5, 5.41) is 15.6. The summed E-state index contributed by atoms with van der Waals surface area (Å²) in [7, 11) is 0. The summed E-state index contributed by atoms with van der Waals surface area (Å²) in [4.78, 5) is 16.8. The third kappa shape index (κ3) is 5.65. The van der Waals surface area contributed by atoms with Crippen molar-refractivity contribution in [1.29, 1.82) is 0 Å². The zero-order valence-corrected chi connectivity index (χ0v) is 11.2. The minimum Gasteiger partial charge on any atom is -0.389 e. The van der Waals surface area contributed by atoms with Crippen LogP contribution in [0.4, 0.5) is 4.79 Å². The van der Waals surface area contributed by atoms with Crippen LogP contribution in [0.1, 0.15) is 30.7 Å². The highest BCUT2D eigenvalue weighted by Gasteiger charge is 2.13. The Morgan fingerprint density at radius 3 is 2.76 bits per heavy atom. The predicted octanol–water partition coefficient (Wildman–Crippen LogP) is 1.28. The number of urea groups is 1. The van der Waals surface area contributed by atoms with Gasteiger partial charge in [-0.25, -0.2) is 9.78 Å². The Labute approximate surface area is 105 Å². The summed E-state index contributed by atoms with van der Waals surface area (Å²) in [6.45, 7) is 5.99. The second-order valence-corrected chi connectivity index (χ2v) is 5.62. The molecule has 0 fully saturated rings. The molecule has 0 spiro atoms. The average molecular weight is 257 g/mol. The highest BCUT2D eigenvalue weighted by molar-refractivity contribution is 7.11. The van der Waals surface area contributed by atoms with Crippen LogP contribution in [0.2, 0.25) is 0 Å². The molecule has 0 bridgehead atoms. The second-order valence-electron chi connectivity index (χ2n) is 4.42. The maximum atomic E-state index is 11.4. The van der Waals surface area contributed by atoms with Gasteiger partial charge in [-0.3, -0.25) is 0 Å². The van der Waals surface area contributed by atoms with Crippen LogP contribution in [0.15, 0.2) is 6.20 Å². The van der Waals surface area contributed by atoms with Gasteiger partial charge < -0.3 is 15.7 Å². The predicted molar refractivity (Wildman–Crippen MR) is 68.0 cm³/mol. The van der Waals surface area contributed by atoms with Crippen LogP contribution in [0.3, 0.4) is 0 Å². The lowest BCUT2D eigenvalue weighted by atomic mass is 10.1. The van der Waals surface area contributed by atoms with Gasteiger partial charge in [0.1, 0.15) is 5.01 Å². The van der Waals surface area contributed by atoms with Crippen LogP contribution < -0.4 is 10.6 Å². The number of nitrogens with zero attached hydrogens (tertiary/aromatic N) is 1. The maximum Gasteiger partial charge on any atom is 0.315 e. The largest absolute Gasteiger partial charge is 0.389 e. The van der Waals surface area contributed by atoms with Gasteiger partial charge in [-0.1, -0.05) is 6.92 Å². The molecule has 1 heterocycles. The molecule has 0 aromatic carbocycles. The summed E-state index contributed by atoms with van der Waals surface area (Å²) < 4.78 is 0. The topological polar surface area (TPSA) is 74.2 Å². The first-order chi connectivity index (χ1) is 7.90. The molecule has 6 heteroatoms. The summed E-state index contributed by atoms with van der Waals surface area (Å²) in [6.07, 6.45) is 2.79. The normalized spacial score (nSPS) is 11.3. The number of nitrogens with one attached hydrogen (secondary N) is 2. The molecule has 1 rings (SSSR count). The fourth-order valence-corrected chi connectivity index (χ4v) is 1.91. The number of aromatic nitrogens is 1. The molecule has 0 atom stereocenters. The van der Waals surface area contributed by atoms with E-state index >= 15 is 0 Å². The van der Waals surface area contributed by atoms with Crippen LogP contribution in [0.5, 0.6) is 0 Å². The molecule has 0 aliphatic rings. The van der Waals surface area contributed by atoms with E-state index in [1.54, 1.807) is 25.2 Å². The minimum absolute atomic E-state index is 0.219. The maximum absolute atomic E-state index is 11.4. The molecule has 0 aliphatic heterocycles. The first-order valence-corrected chi connectivity index (χ1v) is 6.40. The van der Waals surface area contributed by atoms with E-state index in [9.17, 15) is 9.90 Å². The Hall–Kier alpha value is -1.14. The summed E-state index contributed by atoms with van der Waals surface area (Å²) >= 11 is 1.60. The number of aliphatic hydroxyl groups is 1. The van der Waals surface area contributed by atoms with E-state index in [-0.39, 0.29) is 12.6 Å². The summed E-state index contributed by atoms with van der Waals surface area (Å²) in [5.41, 5.74) is -0.895. The Morgan fingerprint density at radius 2 is 2.24 bits per heavy atom. The van der Waals surface area contributed by atoms with Crippen LogP contribution >= 0.6 is 11.3 Å². The third-order valence-corrected chi connectivity index (χ3v) is 3.17. The van der Waals surface area contributed by atoms with Crippen molar-refractivity contribution in [2.75, 3.05) is 6.54 Å². The molecule has 0 saturated heterocycles. The molecule has 3 N–H and O–H groups in total. The monoisotopic (exact) mass is 257 g/mol. The standard InChI is InChI=1S/C11H19N3O2S/c1-4-8-5-12-9(17-8)6-13-10(15)14-7-11(2,3)16/h5,16H,4,6-7H2,1-3H3,(H2,13,14,15). The zero-order chi connectivity index (χ0) is 12.9. The molecule has 1 aromatic heterocycles. The Morgan fingerprint density at radius 1 is 1.53 bits per heavy atom. The smallest absolute Gasteiger partial charge is 0.315 e. The molecule has 0 aliphatic carbocycles. The quantitative estimate of drug-likeness (QED) is 0.744. The molecule has 2 amide bonds. The van der Waals surface area contributed by atoms with Crippen molar-refractivity contribution in [2.45, 2.75) is 39.3 Å². The van der Waals surface area contributed by atoms with E-state index in [0.29, 0.717) is 6.54 Å². The second kappa shape index (κ2) is 5.97. The van der Waals surface area contributed by atoms with E-state index in [2.05, 4.69) is 22.5 Å². The highest BCUT2D eigenvalue weighted by atomic mass is 32.1. The van der Waals surface area contributed by atoms with E-state index in [1.807, 2.05) is 6.20 Å². The fraction of sp³-hybridized carbons (Fsp3) is 0.636.